The maximum absolute atomic E-state index is 13.2. The zero-order valence-electron chi connectivity index (χ0n) is 15.9. The van der Waals surface area contributed by atoms with Gasteiger partial charge in [-0.25, -0.2) is 0 Å². The van der Waals surface area contributed by atoms with E-state index in [1.807, 2.05) is 23.1 Å². The van der Waals surface area contributed by atoms with E-state index in [1.54, 1.807) is 23.3 Å². The van der Waals surface area contributed by atoms with Crippen LogP contribution in [0.1, 0.15) is 35.4 Å². The Morgan fingerprint density at radius 3 is 2.74 bits per heavy atom. The first kappa shape index (κ1) is 19.6. The Morgan fingerprint density at radius 1 is 1.26 bits per heavy atom. The summed E-state index contributed by atoms with van der Waals surface area (Å²) in [5, 5.41) is 2.10. The predicted octanol–water partition coefficient (Wildman–Crippen LogP) is 3.11. The van der Waals surface area contributed by atoms with E-state index >= 15 is 0 Å². The number of carbonyl (C=O) groups is 2. The van der Waals surface area contributed by atoms with Gasteiger partial charge in [-0.1, -0.05) is 30.3 Å². The molecule has 0 N–H and O–H groups in total. The van der Waals surface area contributed by atoms with Crippen molar-refractivity contribution >= 4 is 23.2 Å². The van der Waals surface area contributed by atoms with Crippen LogP contribution in [0.5, 0.6) is 0 Å². The minimum absolute atomic E-state index is 0.00619. The van der Waals surface area contributed by atoms with Gasteiger partial charge in [0.2, 0.25) is 11.8 Å². The highest BCUT2D eigenvalue weighted by Crippen LogP contribution is 2.37. The molecule has 0 bridgehead atoms. The van der Waals surface area contributed by atoms with E-state index in [0.717, 1.165) is 18.4 Å². The Hall–Kier alpha value is -2.18. The molecule has 0 saturated heterocycles. The van der Waals surface area contributed by atoms with Crippen LogP contribution in [0.2, 0.25) is 0 Å². The summed E-state index contributed by atoms with van der Waals surface area (Å²) in [6.07, 6.45) is 1.59. The fourth-order valence-corrected chi connectivity index (χ4v) is 4.49. The number of nitrogens with zero attached hydrogens (tertiary/aromatic N) is 2. The SMILES string of the molecule is COCCCN(CC(=O)N1CCc2sccc2[C@H]1c1ccccc1)C(C)=O. The number of amides is 2. The molecule has 1 aromatic carbocycles. The summed E-state index contributed by atoms with van der Waals surface area (Å²) in [6.45, 7) is 3.41. The Kier molecular flexibility index (Phi) is 6.63. The van der Waals surface area contributed by atoms with E-state index in [9.17, 15) is 9.59 Å². The lowest BCUT2D eigenvalue weighted by Gasteiger charge is -2.37. The van der Waals surface area contributed by atoms with E-state index in [4.69, 9.17) is 4.74 Å². The lowest BCUT2D eigenvalue weighted by molar-refractivity contribution is -0.140. The minimum Gasteiger partial charge on any atom is -0.385 e. The standard InChI is InChI=1S/C21H26N2O3S/c1-16(24)22(11-6-13-26-2)15-20(25)23-12-9-19-18(10-14-27-19)21(23)17-7-4-3-5-8-17/h3-5,7-8,10,14,21H,6,9,11-13,15H2,1-2H3/t21-/m1/s1. The van der Waals surface area contributed by atoms with Crippen LogP contribution in [-0.2, 0) is 20.7 Å². The Labute approximate surface area is 164 Å². The molecule has 1 aromatic heterocycles. The Morgan fingerprint density at radius 2 is 2.04 bits per heavy atom. The van der Waals surface area contributed by atoms with Crippen molar-refractivity contribution < 1.29 is 14.3 Å². The lowest BCUT2D eigenvalue weighted by Crippen LogP contribution is -2.46. The van der Waals surface area contributed by atoms with Gasteiger partial charge in [0, 0.05) is 38.6 Å². The number of ether oxygens (including phenoxy) is 1. The minimum atomic E-state index is -0.0820. The van der Waals surface area contributed by atoms with Gasteiger partial charge in [-0.15, -0.1) is 11.3 Å². The van der Waals surface area contributed by atoms with Crippen molar-refractivity contribution in [3.05, 3.63) is 57.8 Å². The summed E-state index contributed by atoms with van der Waals surface area (Å²) >= 11 is 1.75. The van der Waals surface area contributed by atoms with Gasteiger partial charge in [0.1, 0.15) is 0 Å². The maximum atomic E-state index is 13.2. The van der Waals surface area contributed by atoms with Gasteiger partial charge in [-0.3, -0.25) is 9.59 Å². The van der Waals surface area contributed by atoms with Crippen LogP contribution in [-0.4, -0.2) is 55.0 Å². The Bertz CT molecular complexity index is 775. The molecule has 2 aromatic rings. The van der Waals surface area contributed by atoms with Crippen LogP contribution in [0, 0.1) is 0 Å². The monoisotopic (exact) mass is 386 g/mol. The van der Waals surface area contributed by atoms with Crippen molar-refractivity contribution in [1.82, 2.24) is 9.80 Å². The summed E-state index contributed by atoms with van der Waals surface area (Å²) in [4.78, 5) is 30.0. The summed E-state index contributed by atoms with van der Waals surface area (Å²) < 4.78 is 5.07. The normalized spacial score (nSPS) is 16.1. The molecule has 0 unspecified atom stereocenters. The fraction of sp³-hybridized carbons (Fsp3) is 0.429. The molecule has 0 spiro atoms. The predicted molar refractivity (Wildman–Crippen MR) is 107 cm³/mol. The molecule has 0 radical (unpaired) electrons. The third-order valence-electron chi connectivity index (χ3n) is 4.95. The highest BCUT2D eigenvalue weighted by Gasteiger charge is 2.33. The molecule has 144 valence electrons. The molecule has 1 atom stereocenters. The van der Waals surface area contributed by atoms with Gasteiger partial charge in [-0.2, -0.15) is 0 Å². The van der Waals surface area contributed by atoms with Gasteiger partial charge in [0.05, 0.1) is 12.6 Å². The first-order valence-electron chi connectivity index (χ1n) is 9.27. The number of rotatable bonds is 7. The smallest absolute Gasteiger partial charge is 0.242 e. The lowest BCUT2D eigenvalue weighted by atomic mass is 9.93. The van der Waals surface area contributed by atoms with Crippen molar-refractivity contribution in [2.45, 2.75) is 25.8 Å². The van der Waals surface area contributed by atoms with Crippen LogP contribution in [0.25, 0.3) is 0 Å². The molecular formula is C21H26N2O3S. The van der Waals surface area contributed by atoms with E-state index < -0.39 is 0 Å². The molecule has 0 saturated carbocycles. The molecule has 0 aliphatic carbocycles. The van der Waals surface area contributed by atoms with Crippen LogP contribution in [0.4, 0.5) is 0 Å². The maximum Gasteiger partial charge on any atom is 0.242 e. The number of benzene rings is 1. The molecule has 6 heteroatoms. The van der Waals surface area contributed by atoms with E-state index in [-0.39, 0.29) is 24.4 Å². The Balaban J connectivity index is 1.81. The van der Waals surface area contributed by atoms with Crippen molar-refractivity contribution in [1.29, 1.82) is 0 Å². The second-order valence-corrected chi connectivity index (χ2v) is 7.74. The molecule has 1 aliphatic heterocycles. The summed E-state index contributed by atoms with van der Waals surface area (Å²) in [5.41, 5.74) is 2.32. The first-order valence-corrected chi connectivity index (χ1v) is 10.1. The number of carbonyl (C=O) groups excluding carboxylic acids is 2. The summed E-state index contributed by atoms with van der Waals surface area (Å²) in [7, 11) is 1.64. The van der Waals surface area contributed by atoms with Gasteiger partial charge >= 0.3 is 0 Å². The van der Waals surface area contributed by atoms with Crippen LogP contribution >= 0.6 is 11.3 Å². The third kappa shape index (κ3) is 4.57. The van der Waals surface area contributed by atoms with E-state index in [2.05, 4.69) is 23.6 Å². The molecule has 0 fully saturated rings. The molecule has 2 amide bonds. The van der Waals surface area contributed by atoms with Gasteiger partial charge in [0.25, 0.3) is 0 Å². The van der Waals surface area contributed by atoms with E-state index in [1.165, 1.54) is 17.4 Å². The average molecular weight is 387 g/mol. The number of hydrogen-bond acceptors (Lipinski definition) is 4. The molecule has 1 aliphatic rings. The summed E-state index contributed by atoms with van der Waals surface area (Å²) in [6, 6.07) is 12.2. The number of methoxy groups -OCH3 is 1. The number of fused-ring (bicyclic) bond motifs is 1. The van der Waals surface area contributed by atoms with Crippen LogP contribution < -0.4 is 0 Å². The zero-order chi connectivity index (χ0) is 19.2. The highest BCUT2D eigenvalue weighted by molar-refractivity contribution is 7.10. The van der Waals surface area contributed by atoms with Crippen LogP contribution in [0.3, 0.4) is 0 Å². The molecule has 3 rings (SSSR count). The highest BCUT2D eigenvalue weighted by atomic mass is 32.1. The molecule has 27 heavy (non-hydrogen) atoms. The quantitative estimate of drug-likeness (QED) is 0.687. The molecule has 2 heterocycles. The van der Waals surface area contributed by atoms with Crippen molar-refractivity contribution in [2.24, 2.45) is 0 Å². The van der Waals surface area contributed by atoms with Crippen LogP contribution in [0.15, 0.2) is 41.8 Å². The largest absolute Gasteiger partial charge is 0.385 e. The van der Waals surface area contributed by atoms with E-state index in [0.29, 0.717) is 19.7 Å². The number of thiophene rings is 1. The van der Waals surface area contributed by atoms with Gasteiger partial charge in [0.15, 0.2) is 0 Å². The van der Waals surface area contributed by atoms with Crippen molar-refractivity contribution in [3.63, 3.8) is 0 Å². The molecule has 5 nitrogen and oxygen atoms in total. The first-order chi connectivity index (χ1) is 13.1. The van der Waals surface area contributed by atoms with Crippen molar-refractivity contribution in [2.75, 3.05) is 33.4 Å². The van der Waals surface area contributed by atoms with Gasteiger partial charge in [-0.05, 0) is 35.4 Å². The summed E-state index contributed by atoms with van der Waals surface area (Å²) in [5.74, 6) is -0.0859. The average Bonchev–Trinajstić information content (AvgIpc) is 3.15. The van der Waals surface area contributed by atoms with Gasteiger partial charge < -0.3 is 14.5 Å². The second kappa shape index (κ2) is 9.15. The molecular weight excluding hydrogens is 360 g/mol. The second-order valence-electron chi connectivity index (χ2n) is 6.74. The fourth-order valence-electron chi connectivity index (χ4n) is 3.58. The van der Waals surface area contributed by atoms with Crippen molar-refractivity contribution in [3.8, 4) is 0 Å². The third-order valence-corrected chi connectivity index (χ3v) is 5.95. The number of hydrogen-bond donors (Lipinski definition) is 0. The topological polar surface area (TPSA) is 49.9 Å². The zero-order valence-corrected chi connectivity index (χ0v) is 16.7.